The summed E-state index contributed by atoms with van der Waals surface area (Å²) in [7, 11) is 1.69. The second-order valence-corrected chi connectivity index (χ2v) is 4.76. The Hall–Kier alpha value is -1.75. The monoisotopic (exact) mass is 277 g/mol. The van der Waals surface area contributed by atoms with E-state index in [4.69, 9.17) is 9.15 Å². The number of ether oxygens (including phenoxy) is 1. The minimum Gasteiger partial charge on any atom is -0.469 e. The lowest BCUT2D eigenvalue weighted by Gasteiger charge is -2.17. The molecule has 110 valence electrons. The number of aliphatic imine (C=N–C) groups is 1. The van der Waals surface area contributed by atoms with Gasteiger partial charge in [-0.25, -0.2) is 0 Å². The molecule has 1 aliphatic rings. The van der Waals surface area contributed by atoms with Gasteiger partial charge in [-0.15, -0.1) is 0 Å². The maximum absolute atomic E-state index is 5.32. The quantitative estimate of drug-likeness (QED) is 0.345. The normalized spacial score (nSPS) is 15.8. The highest BCUT2D eigenvalue weighted by Crippen LogP contribution is 2.08. The van der Waals surface area contributed by atoms with Crippen LogP contribution < -0.4 is 10.6 Å². The summed E-state index contributed by atoms with van der Waals surface area (Å²) >= 11 is 0. The average molecular weight is 277 g/mol. The summed E-state index contributed by atoms with van der Waals surface area (Å²) in [6.07, 6.45) is 9.07. The van der Waals surface area contributed by atoms with Gasteiger partial charge in [0.25, 0.3) is 0 Å². The van der Waals surface area contributed by atoms with E-state index in [0.29, 0.717) is 19.2 Å². The van der Waals surface area contributed by atoms with Gasteiger partial charge < -0.3 is 19.8 Å². The number of nitrogens with zero attached hydrogens (tertiary/aromatic N) is 1. The van der Waals surface area contributed by atoms with Crippen LogP contribution in [0.1, 0.15) is 18.6 Å². The Morgan fingerprint density at radius 1 is 1.45 bits per heavy atom. The first kappa shape index (κ1) is 14.7. The summed E-state index contributed by atoms with van der Waals surface area (Å²) < 4.78 is 10.4. The number of rotatable bonds is 7. The van der Waals surface area contributed by atoms with E-state index in [1.165, 1.54) is 0 Å². The maximum Gasteiger partial charge on any atom is 0.191 e. The average Bonchev–Trinajstić information content (AvgIpc) is 3.12. The molecule has 0 aliphatic heterocycles. The molecule has 0 radical (unpaired) electrons. The molecule has 0 aromatic carbocycles. The smallest absolute Gasteiger partial charge is 0.191 e. The Labute approximate surface area is 120 Å². The first-order valence-electron chi connectivity index (χ1n) is 7.09. The maximum atomic E-state index is 5.32. The molecular weight excluding hydrogens is 254 g/mol. The second-order valence-electron chi connectivity index (χ2n) is 4.76. The fraction of sp³-hybridized carbons (Fsp3) is 0.533. The summed E-state index contributed by atoms with van der Waals surface area (Å²) in [5.41, 5.74) is 0. The van der Waals surface area contributed by atoms with E-state index in [9.17, 15) is 0 Å². The molecule has 0 saturated heterocycles. The van der Waals surface area contributed by atoms with Crippen LogP contribution in [0, 0.1) is 0 Å². The standard InChI is InChI=1S/C15H23N3O2/c1-19-12-10-17-15(18-13-5-2-3-6-13)16-9-8-14-7-4-11-20-14/h2-4,7,11,13H,5-6,8-10,12H2,1H3,(H2,16,17,18). The molecule has 0 atom stereocenters. The van der Waals surface area contributed by atoms with Gasteiger partial charge in [0.05, 0.1) is 19.4 Å². The third-order valence-electron chi connectivity index (χ3n) is 3.16. The van der Waals surface area contributed by atoms with Gasteiger partial charge in [0.15, 0.2) is 5.96 Å². The Morgan fingerprint density at radius 3 is 3.00 bits per heavy atom. The first-order chi connectivity index (χ1) is 9.88. The number of methoxy groups -OCH3 is 1. The lowest BCUT2D eigenvalue weighted by atomic mass is 10.2. The third-order valence-corrected chi connectivity index (χ3v) is 3.16. The van der Waals surface area contributed by atoms with Crippen LogP contribution in [-0.2, 0) is 11.2 Å². The van der Waals surface area contributed by atoms with Crippen molar-refractivity contribution in [2.75, 3.05) is 26.8 Å². The Kier molecular flexibility index (Phi) is 6.17. The summed E-state index contributed by atoms with van der Waals surface area (Å²) in [4.78, 5) is 4.51. The zero-order chi connectivity index (χ0) is 14.0. The largest absolute Gasteiger partial charge is 0.469 e. The Morgan fingerprint density at radius 2 is 2.30 bits per heavy atom. The highest BCUT2D eigenvalue weighted by molar-refractivity contribution is 5.80. The van der Waals surface area contributed by atoms with Crippen LogP contribution in [0.15, 0.2) is 40.0 Å². The first-order valence-corrected chi connectivity index (χ1v) is 7.09. The number of guanidine groups is 1. The van der Waals surface area contributed by atoms with Gasteiger partial charge in [0.1, 0.15) is 5.76 Å². The fourth-order valence-corrected chi connectivity index (χ4v) is 2.09. The lowest BCUT2D eigenvalue weighted by molar-refractivity contribution is 0.208. The molecule has 0 spiro atoms. The van der Waals surface area contributed by atoms with Gasteiger partial charge in [0.2, 0.25) is 0 Å². The lowest BCUT2D eigenvalue weighted by Crippen LogP contribution is -2.43. The van der Waals surface area contributed by atoms with Crippen molar-refractivity contribution in [2.45, 2.75) is 25.3 Å². The molecule has 0 saturated carbocycles. The Bertz CT molecular complexity index is 418. The van der Waals surface area contributed by atoms with Crippen LogP contribution in [0.25, 0.3) is 0 Å². The van der Waals surface area contributed by atoms with Crippen LogP contribution in [0.2, 0.25) is 0 Å². The van der Waals surface area contributed by atoms with Crippen LogP contribution >= 0.6 is 0 Å². The molecule has 1 aromatic rings. The van der Waals surface area contributed by atoms with Crippen molar-refractivity contribution in [2.24, 2.45) is 4.99 Å². The van der Waals surface area contributed by atoms with E-state index >= 15 is 0 Å². The fourth-order valence-electron chi connectivity index (χ4n) is 2.09. The van der Waals surface area contributed by atoms with Gasteiger partial charge in [-0.3, -0.25) is 4.99 Å². The highest BCUT2D eigenvalue weighted by Gasteiger charge is 2.11. The SMILES string of the molecule is COCCN=C(NCCc1ccco1)NC1CC=CC1. The summed E-state index contributed by atoms with van der Waals surface area (Å²) in [5.74, 6) is 1.83. The molecule has 2 rings (SSSR count). The van der Waals surface area contributed by atoms with Crippen molar-refractivity contribution in [1.29, 1.82) is 0 Å². The van der Waals surface area contributed by atoms with E-state index in [1.54, 1.807) is 13.4 Å². The van der Waals surface area contributed by atoms with E-state index in [0.717, 1.165) is 37.5 Å². The molecule has 0 bridgehead atoms. The minimum absolute atomic E-state index is 0.451. The molecule has 20 heavy (non-hydrogen) atoms. The summed E-state index contributed by atoms with van der Waals surface area (Å²) in [5, 5.41) is 6.78. The summed E-state index contributed by atoms with van der Waals surface area (Å²) in [6, 6.07) is 4.34. The molecule has 5 heteroatoms. The molecule has 5 nitrogen and oxygen atoms in total. The predicted octanol–water partition coefficient (Wildman–Crippen LogP) is 1.72. The zero-order valence-corrected chi connectivity index (χ0v) is 12.0. The van der Waals surface area contributed by atoms with Crippen LogP contribution in [0.4, 0.5) is 0 Å². The van der Waals surface area contributed by atoms with E-state index in [1.807, 2.05) is 12.1 Å². The van der Waals surface area contributed by atoms with Crippen LogP contribution in [0.5, 0.6) is 0 Å². The number of hydrogen-bond acceptors (Lipinski definition) is 3. The molecule has 1 aromatic heterocycles. The summed E-state index contributed by atoms with van der Waals surface area (Å²) in [6.45, 7) is 2.09. The second kappa shape index (κ2) is 8.43. The van der Waals surface area contributed by atoms with Crippen molar-refractivity contribution in [3.05, 3.63) is 36.3 Å². The van der Waals surface area contributed by atoms with E-state index in [2.05, 4.69) is 27.8 Å². The molecule has 2 N–H and O–H groups in total. The van der Waals surface area contributed by atoms with Crippen LogP contribution in [0.3, 0.4) is 0 Å². The van der Waals surface area contributed by atoms with Crippen molar-refractivity contribution in [1.82, 2.24) is 10.6 Å². The van der Waals surface area contributed by atoms with Crippen molar-refractivity contribution < 1.29 is 9.15 Å². The third kappa shape index (κ3) is 5.09. The molecule has 0 fully saturated rings. The predicted molar refractivity (Wildman–Crippen MR) is 79.9 cm³/mol. The van der Waals surface area contributed by atoms with Gasteiger partial charge in [-0.05, 0) is 25.0 Å². The van der Waals surface area contributed by atoms with Gasteiger partial charge in [0, 0.05) is 26.1 Å². The molecule has 0 unspecified atom stereocenters. The van der Waals surface area contributed by atoms with E-state index in [-0.39, 0.29) is 0 Å². The van der Waals surface area contributed by atoms with Crippen LogP contribution in [-0.4, -0.2) is 38.8 Å². The van der Waals surface area contributed by atoms with Gasteiger partial charge in [-0.2, -0.15) is 0 Å². The molecule has 0 amide bonds. The number of hydrogen-bond donors (Lipinski definition) is 2. The van der Waals surface area contributed by atoms with Gasteiger partial charge >= 0.3 is 0 Å². The molecular formula is C15H23N3O2. The van der Waals surface area contributed by atoms with Crippen molar-refractivity contribution in [3.8, 4) is 0 Å². The Balaban J connectivity index is 1.76. The van der Waals surface area contributed by atoms with E-state index < -0.39 is 0 Å². The highest BCUT2D eigenvalue weighted by atomic mass is 16.5. The molecule has 1 heterocycles. The topological polar surface area (TPSA) is 58.8 Å². The number of furan rings is 1. The van der Waals surface area contributed by atoms with Gasteiger partial charge in [-0.1, -0.05) is 12.2 Å². The van der Waals surface area contributed by atoms with Crippen molar-refractivity contribution in [3.63, 3.8) is 0 Å². The van der Waals surface area contributed by atoms with Crippen molar-refractivity contribution >= 4 is 5.96 Å². The zero-order valence-electron chi connectivity index (χ0n) is 12.0. The molecule has 1 aliphatic carbocycles. The minimum atomic E-state index is 0.451. The number of nitrogens with one attached hydrogen (secondary N) is 2.